The molecule has 0 saturated heterocycles. The lowest BCUT2D eigenvalue weighted by Gasteiger charge is -2.11. The van der Waals surface area contributed by atoms with E-state index >= 15 is 0 Å². The summed E-state index contributed by atoms with van der Waals surface area (Å²) in [6, 6.07) is 8.57. The number of thiazole rings is 1. The van der Waals surface area contributed by atoms with Crippen LogP contribution in [0.4, 0.5) is 0 Å². The van der Waals surface area contributed by atoms with Crippen molar-refractivity contribution in [1.82, 2.24) is 15.6 Å². The lowest BCUT2D eigenvalue weighted by atomic mass is 10.2. The molecule has 4 nitrogen and oxygen atoms in total. The van der Waals surface area contributed by atoms with Gasteiger partial charge in [-0.2, -0.15) is 0 Å². The maximum atomic E-state index is 4.36. The van der Waals surface area contributed by atoms with Gasteiger partial charge in [0.05, 0.1) is 5.01 Å². The highest BCUT2D eigenvalue weighted by molar-refractivity contribution is 7.98. The summed E-state index contributed by atoms with van der Waals surface area (Å²) in [5.41, 5.74) is 1.25. The number of rotatable bonds is 6. The van der Waals surface area contributed by atoms with Crippen LogP contribution in [-0.4, -0.2) is 30.8 Å². The van der Waals surface area contributed by atoms with Gasteiger partial charge in [0.15, 0.2) is 5.96 Å². The van der Waals surface area contributed by atoms with Crippen LogP contribution >= 0.6 is 23.1 Å². The van der Waals surface area contributed by atoms with Crippen molar-refractivity contribution in [2.75, 3.05) is 19.8 Å². The van der Waals surface area contributed by atoms with Crippen molar-refractivity contribution in [3.05, 3.63) is 45.9 Å². The first-order chi connectivity index (χ1) is 10.7. The molecule has 1 aromatic heterocycles. The zero-order valence-electron chi connectivity index (χ0n) is 13.2. The van der Waals surface area contributed by atoms with Crippen LogP contribution in [0.5, 0.6) is 0 Å². The van der Waals surface area contributed by atoms with E-state index in [4.69, 9.17) is 0 Å². The molecule has 0 aliphatic carbocycles. The standard InChI is InChI=1S/C16H22N4S2/c1-12-10-19-15(22-12)8-9-18-16(17-2)20-11-13-4-6-14(21-3)7-5-13/h4-7,10H,8-9,11H2,1-3H3,(H2,17,18,20). The Hall–Kier alpha value is -1.53. The van der Waals surface area contributed by atoms with Gasteiger partial charge < -0.3 is 10.6 Å². The lowest BCUT2D eigenvalue weighted by Crippen LogP contribution is -2.37. The number of aromatic nitrogens is 1. The molecule has 1 heterocycles. The highest BCUT2D eigenvalue weighted by Crippen LogP contribution is 2.14. The van der Waals surface area contributed by atoms with Crippen LogP contribution < -0.4 is 10.6 Å². The van der Waals surface area contributed by atoms with Gasteiger partial charge in [-0.25, -0.2) is 4.98 Å². The average molecular weight is 335 g/mol. The summed E-state index contributed by atoms with van der Waals surface area (Å²) in [4.78, 5) is 11.1. The van der Waals surface area contributed by atoms with Gasteiger partial charge in [0.1, 0.15) is 0 Å². The fraction of sp³-hybridized carbons (Fsp3) is 0.375. The zero-order valence-corrected chi connectivity index (χ0v) is 14.9. The predicted octanol–water partition coefficient (Wildman–Crippen LogP) is 3.08. The maximum absolute atomic E-state index is 4.36. The smallest absolute Gasteiger partial charge is 0.191 e. The topological polar surface area (TPSA) is 49.3 Å². The largest absolute Gasteiger partial charge is 0.356 e. The van der Waals surface area contributed by atoms with Gasteiger partial charge in [-0.3, -0.25) is 4.99 Å². The molecule has 0 aliphatic heterocycles. The average Bonchev–Trinajstić information content (AvgIpc) is 2.96. The van der Waals surface area contributed by atoms with E-state index in [0.717, 1.165) is 30.5 Å². The van der Waals surface area contributed by atoms with E-state index < -0.39 is 0 Å². The Morgan fingerprint density at radius 3 is 2.64 bits per heavy atom. The maximum Gasteiger partial charge on any atom is 0.191 e. The molecular weight excluding hydrogens is 312 g/mol. The zero-order chi connectivity index (χ0) is 15.8. The van der Waals surface area contributed by atoms with E-state index in [9.17, 15) is 0 Å². The van der Waals surface area contributed by atoms with Crippen molar-refractivity contribution in [2.24, 2.45) is 4.99 Å². The predicted molar refractivity (Wildman–Crippen MR) is 97.0 cm³/mol. The van der Waals surface area contributed by atoms with E-state index in [0.29, 0.717) is 0 Å². The number of hydrogen-bond donors (Lipinski definition) is 2. The Morgan fingerprint density at radius 2 is 2.05 bits per heavy atom. The molecule has 0 spiro atoms. The second-order valence-electron chi connectivity index (χ2n) is 4.82. The molecule has 6 heteroatoms. The number of thioether (sulfide) groups is 1. The number of benzene rings is 1. The molecule has 2 aromatic rings. The first-order valence-corrected chi connectivity index (χ1v) is 9.24. The minimum atomic E-state index is 0.769. The molecule has 0 radical (unpaired) electrons. The third-order valence-electron chi connectivity index (χ3n) is 3.14. The van der Waals surface area contributed by atoms with E-state index in [1.54, 1.807) is 30.1 Å². The lowest BCUT2D eigenvalue weighted by molar-refractivity contribution is 0.791. The molecule has 0 saturated carbocycles. The van der Waals surface area contributed by atoms with Crippen LogP contribution in [0.3, 0.4) is 0 Å². The second kappa shape index (κ2) is 8.80. The minimum absolute atomic E-state index is 0.769. The highest BCUT2D eigenvalue weighted by atomic mass is 32.2. The molecule has 0 amide bonds. The highest BCUT2D eigenvalue weighted by Gasteiger charge is 2.01. The number of nitrogens with one attached hydrogen (secondary N) is 2. The summed E-state index contributed by atoms with van der Waals surface area (Å²) >= 11 is 3.50. The molecule has 0 fully saturated rings. The first kappa shape index (κ1) is 16.8. The molecule has 2 rings (SSSR count). The van der Waals surface area contributed by atoms with E-state index in [-0.39, 0.29) is 0 Å². The Labute approximate surface area is 140 Å². The third kappa shape index (κ3) is 5.35. The summed E-state index contributed by atoms with van der Waals surface area (Å²) in [5, 5.41) is 7.81. The summed E-state index contributed by atoms with van der Waals surface area (Å²) < 4.78 is 0. The Kier molecular flexibility index (Phi) is 6.74. The van der Waals surface area contributed by atoms with Crippen LogP contribution in [0.15, 0.2) is 40.4 Å². The number of nitrogens with zero attached hydrogens (tertiary/aromatic N) is 2. The van der Waals surface area contributed by atoms with Crippen LogP contribution in [0.25, 0.3) is 0 Å². The second-order valence-corrected chi connectivity index (χ2v) is 7.01. The van der Waals surface area contributed by atoms with E-state index in [2.05, 4.69) is 58.1 Å². The van der Waals surface area contributed by atoms with Crippen molar-refractivity contribution in [3.63, 3.8) is 0 Å². The normalized spacial score (nSPS) is 11.5. The van der Waals surface area contributed by atoms with Crippen LogP contribution in [0.2, 0.25) is 0 Å². The fourth-order valence-corrected chi connectivity index (χ4v) is 3.15. The van der Waals surface area contributed by atoms with Gasteiger partial charge >= 0.3 is 0 Å². The van der Waals surface area contributed by atoms with Crippen LogP contribution in [0, 0.1) is 6.92 Å². The Bertz CT molecular complexity index is 605. The molecule has 118 valence electrons. The van der Waals surface area contributed by atoms with Crippen LogP contribution in [0.1, 0.15) is 15.4 Å². The monoisotopic (exact) mass is 334 g/mol. The summed E-state index contributed by atoms with van der Waals surface area (Å²) in [7, 11) is 1.79. The Balaban J connectivity index is 1.74. The molecule has 0 atom stereocenters. The number of aliphatic imine (C=N–C) groups is 1. The van der Waals surface area contributed by atoms with Gasteiger partial charge in [-0.15, -0.1) is 23.1 Å². The van der Waals surface area contributed by atoms with Gasteiger partial charge in [0, 0.05) is 42.5 Å². The van der Waals surface area contributed by atoms with Gasteiger partial charge in [0.25, 0.3) is 0 Å². The molecule has 22 heavy (non-hydrogen) atoms. The fourth-order valence-electron chi connectivity index (χ4n) is 1.95. The molecular formula is C16H22N4S2. The van der Waals surface area contributed by atoms with E-state index in [1.165, 1.54) is 15.3 Å². The van der Waals surface area contributed by atoms with Crippen molar-refractivity contribution in [3.8, 4) is 0 Å². The number of aryl methyl sites for hydroxylation is 1. The molecule has 0 unspecified atom stereocenters. The SMILES string of the molecule is CN=C(NCCc1ncc(C)s1)NCc1ccc(SC)cc1. The number of hydrogen-bond acceptors (Lipinski definition) is 4. The first-order valence-electron chi connectivity index (χ1n) is 7.20. The Morgan fingerprint density at radius 1 is 1.27 bits per heavy atom. The summed E-state index contributed by atoms with van der Waals surface area (Å²) in [6.45, 7) is 3.68. The van der Waals surface area contributed by atoms with Crippen molar-refractivity contribution >= 4 is 29.1 Å². The van der Waals surface area contributed by atoms with Gasteiger partial charge in [-0.05, 0) is 30.9 Å². The quantitative estimate of drug-likeness (QED) is 0.484. The van der Waals surface area contributed by atoms with Crippen LogP contribution in [-0.2, 0) is 13.0 Å². The number of guanidine groups is 1. The van der Waals surface area contributed by atoms with Crippen molar-refractivity contribution in [1.29, 1.82) is 0 Å². The molecule has 2 N–H and O–H groups in total. The molecule has 1 aromatic carbocycles. The van der Waals surface area contributed by atoms with Gasteiger partial charge in [-0.1, -0.05) is 12.1 Å². The van der Waals surface area contributed by atoms with Crippen molar-refractivity contribution in [2.45, 2.75) is 24.8 Å². The summed E-state index contributed by atoms with van der Waals surface area (Å²) in [5.74, 6) is 0.822. The minimum Gasteiger partial charge on any atom is -0.356 e. The molecule has 0 bridgehead atoms. The van der Waals surface area contributed by atoms with E-state index in [1.807, 2.05) is 6.20 Å². The third-order valence-corrected chi connectivity index (χ3v) is 4.86. The summed E-state index contributed by atoms with van der Waals surface area (Å²) in [6.07, 6.45) is 4.93. The van der Waals surface area contributed by atoms with Crippen molar-refractivity contribution < 1.29 is 0 Å². The van der Waals surface area contributed by atoms with Gasteiger partial charge in [0.2, 0.25) is 0 Å². The molecule has 0 aliphatic rings.